The molecule has 0 aromatic heterocycles. The molecule has 3 fully saturated rings. The number of Topliss-reactive ketones (excluding diaryl/α,β-unsaturated/α-hetero) is 1. The van der Waals surface area contributed by atoms with E-state index >= 15 is 0 Å². The van der Waals surface area contributed by atoms with E-state index in [4.69, 9.17) is 5.73 Å². The first-order valence-corrected chi connectivity index (χ1v) is 18.0. The van der Waals surface area contributed by atoms with Crippen LogP contribution in [0.25, 0.3) is 0 Å². The first kappa shape index (κ1) is 36.7. The van der Waals surface area contributed by atoms with Gasteiger partial charge in [-0.25, -0.2) is 17.5 Å². The van der Waals surface area contributed by atoms with Crippen molar-refractivity contribution >= 4 is 39.6 Å². The van der Waals surface area contributed by atoms with Gasteiger partial charge in [-0.05, 0) is 35.5 Å². The van der Waals surface area contributed by atoms with Crippen molar-refractivity contribution in [2.24, 2.45) is 28.4 Å². The molecule has 13 nitrogen and oxygen atoms in total. The van der Waals surface area contributed by atoms with Crippen molar-refractivity contribution in [3.8, 4) is 0 Å². The predicted molar refractivity (Wildman–Crippen MR) is 170 cm³/mol. The fourth-order valence-corrected chi connectivity index (χ4v) is 7.26. The molecule has 5 N–H and O–H groups in total. The molecule has 1 saturated carbocycles. The zero-order valence-electron chi connectivity index (χ0n) is 28.0. The summed E-state index contributed by atoms with van der Waals surface area (Å²) >= 11 is 0. The van der Waals surface area contributed by atoms with Gasteiger partial charge < -0.3 is 26.6 Å². The van der Waals surface area contributed by atoms with Crippen molar-refractivity contribution in [1.29, 1.82) is 0 Å². The van der Waals surface area contributed by atoms with Crippen LogP contribution in [-0.4, -0.2) is 97.7 Å². The van der Waals surface area contributed by atoms with Gasteiger partial charge in [-0.1, -0.05) is 79.6 Å². The van der Waals surface area contributed by atoms with Gasteiger partial charge in [0.05, 0.1) is 12.3 Å². The van der Waals surface area contributed by atoms with Crippen molar-refractivity contribution in [3.63, 3.8) is 0 Å². The summed E-state index contributed by atoms with van der Waals surface area (Å²) in [5, 5.41) is 8.50. The van der Waals surface area contributed by atoms with Crippen molar-refractivity contribution in [2.75, 3.05) is 26.4 Å². The van der Waals surface area contributed by atoms with Gasteiger partial charge in [-0.3, -0.25) is 19.2 Å². The minimum Gasteiger partial charge on any atom is -0.363 e. The number of sulfonamides is 1. The largest absolute Gasteiger partial charge is 0.363 e. The van der Waals surface area contributed by atoms with Gasteiger partial charge >= 0.3 is 6.03 Å². The molecule has 45 heavy (non-hydrogen) atoms. The molecule has 2 saturated heterocycles. The topological polar surface area (TPSA) is 188 Å². The average Bonchev–Trinajstić information content (AvgIpc) is 3.24. The van der Waals surface area contributed by atoms with Crippen LogP contribution in [0, 0.1) is 22.7 Å². The molecule has 2 heterocycles. The molecule has 0 aromatic carbocycles. The number of nitrogens with two attached hydrogens (primary N) is 1. The summed E-state index contributed by atoms with van der Waals surface area (Å²) in [6.45, 7) is 10.2. The van der Waals surface area contributed by atoms with Crippen molar-refractivity contribution < 1.29 is 32.4 Å². The minimum atomic E-state index is -3.49. The lowest BCUT2D eigenvalue weighted by molar-refractivity contribution is -0.143. The fourth-order valence-electron chi connectivity index (χ4n) is 6.84. The summed E-state index contributed by atoms with van der Waals surface area (Å²) in [5.74, 6) is -2.87. The van der Waals surface area contributed by atoms with Crippen LogP contribution in [-0.2, 0) is 29.2 Å². The van der Waals surface area contributed by atoms with Gasteiger partial charge in [0.2, 0.25) is 27.6 Å². The molecule has 1 aliphatic carbocycles. The third kappa shape index (κ3) is 9.17. The number of nitrogens with zero attached hydrogens (tertiary/aromatic N) is 2. The Morgan fingerprint density at radius 2 is 1.60 bits per heavy atom. The maximum Gasteiger partial charge on any atom is 0.315 e. The fraction of sp³-hybridized carbons (Fsp3) is 0.839. The van der Waals surface area contributed by atoms with E-state index < -0.39 is 63.2 Å². The molecule has 0 spiro atoms. The van der Waals surface area contributed by atoms with E-state index in [9.17, 15) is 32.4 Å². The standard InChI is InChI=1S/C31H54N6O7S/c1-30(2,3)22(18-36(6)45(7,43)44)35-29(42)34-21-16-14-12-10-8-9-11-13-15-20(25(38)26(32)39)33-27(40)24-23-19(31(23,4)5)17-37(24)28(21)41/h19-24H,8-18H2,1-7H3,(H2,32,39)(H,33,40)(H2,34,35,42)/t19-,20+,21+,22+,23-,24-/m0/s1. The van der Waals surface area contributed by atoms with Crippen LogP contribution in [0.2, 0.25) is 0 Å². The van der Waals surface area contributed by atoms with E-state index in [0.717, 1.165) is 38.4 Å². The lowest BCUT2D eigenvalue weighted by Gasteiger charge is -2.36. The van der Waals surface area contributed by atoms with Crippen molar-refractivity contribution in [2.45, 2.75) is 117 Å². The molecule has 3 aliphatic rings. The molecule has 6 atom stereocenters. The Morgan fingerprint density at radius 1 is 1.04 bits per heavy atom. The summed E-state index contributed by atoms with van der Waals surface area (Å²) < 4.78 is 25.3. The molecule has 3 rings (SSSR count). The lowest BCUT2D eigenvalue weighted by Crippen LogP contribution is -2.60. The number of likely N-dealkylation sites (N-methyl/N-ethyl adjacent to an activating group) is 1. The quantitative estimate of drug-likeness (QED) is 0.299. The number of carbonyl (C=O) groups excluding carboxylic acids is 5. The van der Waals surface area contributed by atoms with Crippen LogP contribution < -0.4 is 21.7 Å². The van der Waals surface area contributed by atoms with Crippen LogP contribution in [0.15, 0.2) is 0 Å². The number of urea groups is 1. The average molecular weight is 655 g/mol. The molecular weight excluding hydrogens is 600 g/mol. The number of fused-ring (bicyclic) bond motifs is 3. The second-order valence-electron chi connectivity index (χ2n) is 14.9. The number of nitrogens with one attached hydrogen (secondary N) is 3. The van der Waals surface area contributed by atoms with Gasteiger partial charge in [-0.2, -0.15) is 0 Å². The molecular formula is C31H54N6O7S. The Morgan fingerprint density at radius 3 is 2.13 bits per heavy atom. The number of piperidine rings is 1. The highest BCUT2D eigenvalue weighted by molar-refractivity contribution is 7.88. The number of hydrogen-bond acceptors (Lipinski definition) is 7. The Hall–Kier alpha value is -2.74. The number of carbonyl (C=O) groups is 5. The summed E-state index contributed by atoms with van der Waals surface area (Å²) in [6.07, 6.45) is 7.67. The zero-order valence-corrected chi connectivity index (χ0v) is 28.8. The molecule has 0 bridgehead atoms. The first-order chi connectivity index (χ1) is 20.8. The molecule has 256 valence electrons. The smallest absolute Gasteiger partial charge is 0.315 e. The van der Waals surface area contributed by atoms with Crippen molar-refractivity contribution in [3.05, 3.63) is 0 Å². The van der Waals surface area contributed by atoms with Crippen LogP contribution in [0.3, 0.4) is 0 Å². The number of primary amides is 1. The third-order valence-electron chi connectivity index (χ3n) is 10.1. The van der Waals surface area contributed by atoms with Crippen LogP contribution >= 0.6 is 0 Å². The van der Waals surface area contributed by atoms with Gasteiger partial charge in [-0.15, -0.1) is 0 Å². The molecule has 0 unspecified atom stereocenters. The van der Waals surface area contributed by atoms with Gasteiger partial charge in [0.25, 0.3) is 5.91 Å². The Balaban J connectivity index is 1.86. The van der Waals surface area contributed by atoms with E-state index in [2.05, 4.69) is 16.0 Å². The summed E-state index contributed by atoms with van der Waals surface area (Å²) in [7, 11) is -2.04. The highest BCUT2D eigenvalue weighted by Gasteiger charge is 2.69. The monoisotopic (exact) mass is 654 g/mol. The number of rotatable bonds is 7. The van der Waals surface area contributed by atoms with E-state index in [1.54, 1.807) is 0 Å². The van der Waals surface area contributed by atoms with Crippen LogP contribution in [0.5, 0.6) is 0 Å². The van der Waals surface area contributed by atoms with Gasteiger partial charge in [0, 0.05) is 26.2 Å². The van der Waals surface area contributed by atoms with Crippen molar-refractivity contribution in [1.82, 2.24) is 25.2 Å². The van der Waals surface area contributed by atoms with Crippen LogP contribution in [0.4, 0.5) is 4.79 Å². The van der Waals surface area contributed by atoms with E-state index in [1.165, 1.54) is 16.3 Å². The lowest BCUT2D eigenvalue weighted by atomic mass is 9.86. The van der Waals surface area contributed by atoms with E-state index in [0.29, 0.717) is 32.2 Å². The Labute approximate surface area is 268 Å². The first-order valence-electron chi connectivity index (χ1n) is 16.2. The Bertz CT molecular complexity index is 1250. The maximum atomic E-state index is 14.2. The number of amides is 5. The Kier molecular flexibility index (Phi) is 11.7. The summed E-state index contributed by atoms with van der Waals surface area (Å²) in [4.78, 5) is 67.3. The van der Waals surface area contributed by atoms with E-state index in [1.807, 2.05) is 34.6 Å². The highest BCUT2D eigenvalue weighted by Crippen LogP contribution is 2.65. The van der Waals surface area contributed by atoms with Crippen LogP contribution in [0.1, 0.15) is 92.4 Å². The minimum absolute atomic E-state index is 0.0480. The van der Waals surface area contributed by atoms with Gasteiger partial charge in [0.15, 0.2) is 0 Å². The second-order valence-corrected chi connectivity index (χ2v) is 17.0. The van der Waals surface area contributed by atoms with Gasteiger partial charge in [0.1, 0.15) is 12.1 Å². The SMILES string of the molecule is CN(C[C@@H](NC(=O)N[C@@H]1CCCCCCCCC[C@H](C(=O)C(N)=O)NC(=O)[C@@H]2[C@@H]3[C@H](CN2C1=O)C3(C)C)C(C)(C)C)S(C)(=O)=O. The molecule has 14 heteroatoms. The third-order valence-corrected chi connectivity index (χ3v) is 11.4. The number of hydrogen-bond donors (Lipinski definition) is 4. The normalized spacial score (nSPS) is 28.8. The summed E-state index contributed by atoms with van der Waals surface area (Å²) in [5.41, 5.74) is 4.63. The summed E-state index contributed by atoms with van der Waals surface area (Å²) in [6, 6.07) is -3.98. The molecule has 0 aromatic rings. The zero-order chi connectivity index (χ0) is 33.9. The second kappa shape index (κ2) is 14.4. The van der Waals surface area contributed by atoms with E-state index in [-0.39, 0.29) is 29.7 Å². The predicted octanol–water partition coefficient (Wildman–Crippen LogP) is 1.51. The molecule has 0 radical (unpaired) electrons. The molecule has 2 aliphatic heterocycles. The maximum absolute atomic E-state index is 14.2. The molecule has 5 amide bonds. The number of ketones is 1. The highest BCUT2D eigenvalue weighted by atomic mass is 32.2.